The van der Waals surface area contributed by atoms with E-state index in [0.717, 1.165) is 6.42 Å². The number of benzene rings is 1. The zero-order valence-electron chi connectivity index (χ0n) is 19.5. The van der Waals surface area contributed by atoms with E-state index in [2.05, 4.69) is 20.8 Å². The number of hydrogen-bond donors (Lipinski definition) is 0. The third-order valence-corrected chi connectivity index (χ3v) is 4.71. The SMILES string of the molecule is [2H]C(c1ccc(C(C)(C)CC)cc1)C([2H])(C)C([2H])([2H])N1C[C@@H](C)O[C@@H](C)C1. The molecule has 1 fully saturated rings. The molecule has 0 aliphatic carbocycles. The quantitative estimate of drug-likeness (QED) is 0.755. The lowest BCUT2D eigenvalue weighted by Gasteiger charge is -2.36. The van der Waals surface area contributed by atoms with E-state index >= 15 is 0 Å². The van der Waals surface area contributed by atoms with Gasteiger partial charge < -0.3 is 4.74 Å². The van der Waals surface area contributed by atoms with Crippen LogP contribution in [0.4, 0.5) is 0 Å². The largest absolute Gasteiger partial charge is 0.373 e. The van der Waals surface area contributed by atoms with Crippen LogP contribution in [0, 0.1) is 5.89 Å². The Labute approximate surface area is 148 Å². The molecule has 0 aromatic heterocycles. The van der Waals surface area contributed by atoms with Crippen molar-refractivity contribution in [2.75, 3.05) is 19.6 Å². The molecule has 2 heteroatoms. The van der Waals surface area contributed by atoms with E-state index in [4.69, 9.17) is 10.2 Å². The molecule has 0 N–H and O–H groups in total. The normalized spacial score (nSPS) is 30.5. The summed E-state index contributed by atoms with van der Waals surface area (Å²) in [4.78, 5) is 1.68. The third kappa shape index (κ3) is 5.32. The van der Waals surface area contributed by atoms with E-state index in [0.29, 0.717) is 18.7 Å². The molecule has 0 saturated carbocycles. The van der Waals surface area contributed by atoms with Gasteiger partial charge in [-0.05, 0) is 49.1 Å². The van der Waals surface area contributed by atoms with Crippen LogP contribution in [0.2, 0.25) is 0 Å². The molecule has 2 unspecified atom stereocenters. The number of hydrogen-bond acceptors (Lipinski definition) is 2. The van der Waals surface area contributed by atoms with Crippen LogP contribution in [0.15, 0.2) is 24.3 Å². The van der Waals surface area contributed by atoms with Gasteiger partial charge in [0.25, 0.3) is 0 Å². The molecule has 1 aromatic rings. The van der Waals surface area contributed by atoms with Crippen LogP contribution in [0.5, 0.6) is 0 Å². The molecular formula is C21H35NO. The number of rotatable bonds is 6. The highest BCUT2D eigenvalue weighted by atomic mass is 16.5. The van der Waals surface area contributed by atoms with Gasteiger partial charge in [-0.3, -0.25) is 4.90 Å². The average Bonchev–Trinajstić information content (AvgIpc) is 2.60. The van der Waals surface area contributed by atoms with Crippen LogP contribution >= 0.6 is 0 Å². The Hall–Kier alpha value is -0.860. The fraction of sp³-hybridized carbons (Fsp3) is 0.714. The second-order valence-electron chi connectivity index (χ2n) is 7.46. The Kier molecular flexibility index (Phi) is 4.56. The van der Waals surface area contributed by atoms with Crippen LogP contribution in [-0.2, 0) is 16.5 Å². The number of morpholine rings is 1. The number of ether oxygens (including phenoxy) is 1. The van der Waals surface area contributed by atoms with Crippen molar-refractivity contribution in [2.45, 2.75) is 72.0 Å². The van der Waals surface area contributed by atoms with Crippen LogP contribution in [0.3, 0.4) is 0 Å². The maximum atomic E-state index is 8.81. The smallest absolute Gasteiger partial charge is 0.0678 e. The van der Waals surface area contributed by atoms with Crippen molar-refractivity contribution >= 4 is 0 Å². The van der Waals surface area contributed by atoms with Crippen molar-refractivity contribution in [2.24, 2.45) is 5.89 Å². The first kappa shape index (κ1) is 13.4. The van der Waals surface area contributed by atoms with Crippen LogP contribution in [0.1, 0.15) is 64.6 Å². The van der Waals surface area contributed by atoms with Gasteiger partial charge in [0, 0.05) is 25.1 Å². The summed E-state index contributed by atoms with van der Waals surface area (Å²) >= 11 is 0. The van der Waals surface area contributed by atoms with Gasteiger partial charge in [0.15, 0.2) is 0 Å². The van der Waals surface area contributed by atoms with Crippen molar-refractivity contribution in [1.82, 2.24) is 4.90 Å². The summed E-state index contributed by atoms with van der Waals surface area (Å²) in [6, 6.07) is 7.81. The fourth-order valence-electron chi connectivity index (χ4n) is 3.04. The van der Waals surface area contributed by atoms with Crippen molar-refractivity contribution in [3.8, 4) is 0 Å². The minimum absolute atomic E-state index is 0.0645. The highest BCUT2D eigenvalue weighted by Gasteiger charge is 2.23. The molecule has 1 aliphatic heterocycles. The van der Waals surface area contributed by atoms with Gasteiger partial charge in [-0.2, -0.15) is 0 Å². The molecule has 1 aliphatic rings. The summed E-state index contributed by atoms with van der Waals surface area (Å²) in [6.07, 6.45) is -0.138. The molecule has 4 atom stereocenters. The summed E-state index contributed by atoms with van der Waals surface area (Å²) in [5, 5.41) is 0. The summed E-state index contributed by atoms with van der Waals surface area (Å²) in [5.41, 5.74) is 1.95. The Morgan fingerprint density at radius 3 is 2.35 bits per heavy atom. The molecule has 0 radical (unpaired) electrons. The molecule has 1 saturated heterocycles. The first-order chi connectivity index (χ1) is 12.3. The second-order valence-corrected chi connectivity index (χ2v) is 7.46. The van der Waals surface area contributed by atoms with Crippen molar-refractivity contribution < 1.29 is 10.2 Å². The van der Waals surface area contributed by atoms with Crippen molar-refractivity contribution in [3.63, 3.8) is 0 Å². The highest BCUT2D eigenvalue weighted by Crippen LogP contribution is 2.27. The first-order valence-corrected chi connectivity index (χ1v) is 8.76. The zero-order valence-corrected chi connectivity index (χ0v) is 15.5. The van der Waals surface area contributed by atoms with Crippen molar-refractivity contribution in [3.05, 3.63) is 35.4 Å². The zero-order chi connectivity index (χ0) is 20.6. The molecule has 23 heavy (non-hydrogen) atoms. The molecule has 1 heterocycles. The molecule has 0 amide bonds. The minimum atomic E-state index is -1.94. The molecular weight excluding hydrogens is 282 g/mol. The van der Waals surface area contributed by atoms with E-state index in [-0.39, 0.29) is 17.6 Å². The van der Waals surface area contributed by atoms with Gasteiger partial charge in [0.2, 0.25) is 0 Å². The fourth-order valence-corrected chi connectivity index (χ4v) is 3.04. The van der Waals surface area contributed by atoms with Gasteiger partial charge in [0.05, 0.1) is 12.2 Å². The van der Waals surface area contributed by atoms with Crippen LogP contribution in [0.25, 0.3) is 0 Å². The molecule has 0 spiro atoms. The van der Waals surface area contributed by atoms with E-state index in [1.165, 1.54) is 5.56 Å². The van der Waals surface area contributed by atoms with E-state index in [1.807, 2.05) is 38.1 Å². The lowest BCUT2D eigenvalue weighted by Crippen LogP contribution is -2.47. The van der Waals surface area contributed by atoms with Crippen LogP contribution in [-0.4, -0.2) is 36.7 Å². The van der Waals surface area contributed by atoms with E-state index in [9.17, 15) is 0 Å². The maximum Gasteiger partial charge on any atom is 0.0678 e. The van der Waals surface area contributed by atoms with Gasteiger partial charge in [-0.25, -0.2) is 0 Å². The molecule has 0 bridgehead atoms. The predicted molar refractivity (Wildman–Crippen MR) is 99.1 cm³/mol. The molecule has 130 valence electrons. The average molecular weight is 322 g/mol. The lowest BCUT2D eigenvalue weighted by molar-refractivity contribution is -0.0708. The van der Waals surface area contributed by atoms with E-state index in [1.54, 1.807) is 11.8 Å². The Morgan fingerprint density at radius 1 is 1.26 bits per heavy atom. The predicted octanol–water partition coefficient (Wildman–Crippen LogP) is 4.66. The lowest BCUT2D eigenvalue weighted by atomic mass is 9.82. The maximum absolute atomic E-state index is 8.81. The summed E-state index contributed by atoms with van der Waals surface area (Å²) in [5.74, 6) is -1.62. The standard InChI is InChI=1S/C21H35NO/c1-7-21(5,6)20-10-8-19(9-11-20)12-16(2)13-22-14-17(3)23-18(4)15-22/h8-11,16-18H,7,12-15H2,1-6H3/t16?,17-,18+/i12D,13D2,16D/t12?,16?,17-,18+. The highest BCUT2D eigenvalue weighted by molar-refractivity contribution is 5.28. The summed E-state index contributed by atoms with van der Waals surface area (Å²) in [7, 11) is 0. The second kappa shape index (κ2) is 7.81. The third-order valence-electron chi connectivity index (χ3n) is 4.71. The van der Waals surface area contributed by atoms with Gasteiger partial charge in [0.1, 0.15) is 0 Å². The monoisotopic (exact) mass is 321 g/mol. The Bertz CT molecular complexity index is 620. The summed E-state index contributed by atoms with van der Waals surface area (Å²) < 4.78 is 40.6. The topological polar surface area (TPSA) is 12.5 Å². The minimum Gasteiger partial charge on any atom is -0.373 e. The van der Waals surface area contributed by atoms with Crippen molar-refractivity contribution in [1.29, 1.82) is 0 Å². The molecule has 2 rings (SSSR count). The number of nitrogens with zero attached hydrogens (tertiary/aromatic N) is 1. The van der Waals surface area contributed by atoms with Crippen LogP contribution < -0.4 is 0 Å². The van der Waals surface area contributed by atoms with E-state index < -0.39 is 18.8 Å². The van der Waals surface area contributed by atoms with Gasteiger partial charge in [-0.1, -0.05) is 52.0 Å². The van der Waals surface area contributed by atoms with Gasteiger partial charge in [-0.15, -0.1) is 0 Å². The molecule has 2 nitrogen and oxygen atoms in total. The van der Waals surface area contributed by atoms with Gasteiger partial charge >= 0.3 is 0 Å². The molecule has 1 aromatic carbocycles. The Morgan fingerprint density at radius 2 is 1.83 bits per heavy atom. The Balaban J connectivity index is 2.26. The first-order valence-electron chi connectivity index (χ1n) is 10.8. The summed E-state index contributed by atoms with van der Waals surface area (Å²) in [6.45, 7) is 10.8.